The van der Waals surface area contributed by atoms with Crippen molar-refractivity contribution in [1.29, 1.82) is 0 Å². The molecule has 0 aromatic carbocycles. The molecule has 0 aliphatic rings. The van der Waals surface area contributed by atoms with Crippen LogP contribution in [0.15, 0.2) is 0 Å². The van der Waals surface area contributed by atoms with Crippen LogP contribution in [0, 0.1) is 0 Å². The van der Waals surface area contributed by atoms with Crippen LogP contribution in [0.3, 0.4) is 0 Å². The highest BCUT2D eigenvalue weighted by molar-refractivity contribution is 5.83. The van der Waals surface area contributed by atoms with Crippen LogP contribution in [-0.2, 0) is 28.6 Å². The maximum absolute atomic E-state index is 12.4. The van der Waals surface area contributed by atoms with Gasteiger partial charge in [-0.25, -0.2) is 0 Å². The molecule has 2 atom stereocenters. The summed E-state index contributed by atoms with van der Waals surface area (Å²) in [5, 5.41) is 2.82. The maximum Gasteiger partial charge on any atom is 0.324 e. The Hall–Kier alpha value is -1.67. The third-order valence-corrected chi connectivity index (χ3v) is 2.78. The van der Waals surface area contributed by atoms with Crippen LogP contribution in [0.5, 0.6) is 0 Å². The molecule has 0 aliphatic heterocycles. The minimum absolute atomic E-state index is 0.0539. The second-order valence-corrected chi connectivity index (χ2v) is 9.42. The van der Waals surface area contributed by atoms with Crippen LogP contribution < -0.4 is 11.1 Å². The zero-order valence-electron chi connectivity index (χ0n) is 18.1. The highest BCUT2D eigenvalue weighted by Crippen LogP contribution is 2.13. The third kappa shape index (κ3) is 13.2. The Morgan fingerprint density at radius 3 is 1.59 bits per heavy atom. The molecule has 0 heterocycles. The van der Waals surface area contributed by atoms with Crippen LogP contribution in [0.4, 0.5) is 0 Å². The highest BCUT2D eigenvalue weighted by Gasteiger charge is 2.31. The summed E-state index contributed by atoms with van der Waals surface area (Å²) >= 11 is 0. The summed E-state index contributed by atoms with van der Waals surface area (Å²) in [6, 6.07) is -1.99. The van der Waals surface area contributed by atoms with Gasteiger partial charge in [0.05, 0.1) is 6.42 Å². The molecule has 0 aromatic heterocycles. The summed E-state index contributed by atoms with van der Waals surface area (Å²) in [6.45, 7) is 15.5. The van der Waals surface area contributed by atoms with E-state index in [-0.39, 0.29) is 13.0 Å². The molecular formula is C19H36N2O6. The van der Waals surface area contributed by atoms with Crippen molar-refractivity contribution >= 4 is 17.9 Å². The first-order valence-corrected chi connectivity index (χ1v) is 9.06. The van der Waals surface area contributed by atoms with E-state index in [2.05, 4.69) is 5.32 Å². The first-order valence-electron chi connectivity index (χ1n) is 9.06. The predicted octanol–water partition coefficient (Wildman–Crippen LogP) is 1.69. The summed E-state index contributed by atoms with van der Waals surface area (Å²) in [4.78, 5) is 36.5. The monoisotopic (exact) mass is 388 g/mol. The van der Waals surface area contributed by atoms with Crippen molar-refractivity contribution in [2.24, 2.45) is 5.73 Å². The number of nitrogens with one attached hydrogen (secondary N) is 1. The normalized spacial score (nSPS) is 14.9. The van der Waals surface area contributed by atoms with Crippen molar-refractivity contribution in [3.63, 3.8) is 0 Å². The van der Waals surface area contributed by atoms with Crippen LogP contribution in [0.1, 0.15) is 68.7 Å². The van der Waals surface area contributed by atoms with Gasteiger partial charge in [-0.2, -0.15) is 0 Å². The topological polar surface area (TPSA) is 117 Å². The van der Waals surface area contributed by atoms with E-state index in [9.17, 15) is 14.4 Å². The van der Waals surface area contributed by atoms with Crippen LogP contribution in [-0.4, -0.2) is 53.3 Å². The lowest BCUT2D eigenvalue weighted by atomic mass is 10.1. The van der Waals surface area contributed by atoms with Gasteiger partial charge in [-0.15, -0.1) is 0 Å². The minimum atomic E-state index is -0.993. The molecule has 0 fully saturated rings. The number of carbonyl (C=O) groups excluding carboxylic acids is 3. The van der Waals surface area contributed by atoms with Gasteiger partial charge in [0.25, 0.3) is 0 Å². The Kier molecular flexibility index (Phi) is 8.92. The molecule has 0 saturated carbocycles. The number of rotatable bonds is 7. The minimum Gasteiger partial charge on any atom is -0.460 e. The molecule has 0 saturated heterocycles. The van der Waals surface area contributed by atoms with Crippen molar-refractivity contribution in [1.82, 2.24) is 5.32 Å². The zero-order chi connectivity index (χ0) is 21.6. The van der Waals surface area contributed by atoms with E-state index in [1.807, 2.05) is 0 Å². The first kappa shape index (κ1) is 25.3. The molecule has 0 spiro atoms. The summed E-state index contributed by atoms with van der Waals surface area (Å²) in [7, 11) is 0. The summed E-state index contributed by atoms with van der Waals surface area (Å²) in [5.74, 6) is -1.78. The van der Waals surface area contributed by atoms with Crippen molar-refractivity contribution in [3.8, 4) is 0 Å². The average Bonchev–Trinajstić information content (AvgIpc) is 2.36. The summed E-state index contributed by atoms with van der Waals surface area (Å²) in [6.07, 6.45) is -0.243. The Balaban J connectivity index is 5.01. The van der Waals surface area contributed by atoms with E-state index in [1.165, 1.54) is 0 Å². The first-order chi connectivity index (χ1) is 11.9. The van der Waals surface area contributed by atoms with Crippen molar-refractivity contribution < 1.29 is 28.6 Å². The quantitative estimate of drug-likeness (QED) is 0.500. The van der Waals surface area contributed by atoms with Gasteiger partial charge in [0.1, 0.15) is 28.9 Å². The highest BCUT2D eigenvalue weighted by atomic mass is 16.6. The summed E-state index contributed by atoms with van der Waals surface area (Å²) < 4.78 is 15.8. The van der Waals surface area contributed by atoms with Gasteiger partial charge < -0.3 is 25.3 Å². The van der Waals surface area contributed by atoms with Crippen molar-refractivity contribution in [3.05, 3.63) is 0 Å². The zero-order valence-corrected chi connectivity index (χ0v) is 18.1. The average molecular weight is 389 g/mol. The number of nitrogens with two attached hydrogens (primary N) is 1. The number of hydrogen-bond acceptors (Lipinski definition) is 8. The van der Waals surface area contributed by atoms with E-state index < -0.39 is 46.8 Å². The second kappa shape index (κ2) is 9.50. The van der Waals surface area contributed by atoms with E-state index in [4.69, 9.17) is 19.9 Å². The lowest BCUT2D eigenvalue weighted by molar-refractivity contribution is -0.165. The number of ether oxygens (including phenoxy) is 3. The summed E-state index contributed by atoms with van der Waals surface area (Å²) in [5.41, 5.74) is 3.75. The standard InChI is InChI=1S/C19H36N2O6/c1-17(2,3)25-14(22)10-13(16(24)27-19(7,8)9)21-11-12(20)15(23)26-18(4,5)6/h12-13,21H,10-11,20H2,1-9H3. The number of carbonyl (C=O) groups is 3. The fraction of sp³-hybridized carbons (Fsp3) is 0.842. The van der Waals surface area contributed by atoms with Gasteiger partial charge in [0, 0.05) is 6.54 Å². The predicted molar refractivity (Wildman–Crippen MR) is 102 cm³/mol. The van der Waals surface area contributed by atoms with Crippen LogP contribution >= 0.6 is 0 Å². The molecule has 3 N–H and O–H groups in total. The van der Waals surface area contributed by atoms with Crippen LogP contribution in [0.2, 0.25) is 0 Å². The van der Waals surface area contributed by atoms with E-state index in [0.717, 1.165) is 0 Å². The van der Waals surface area contributed by atoms with E-state index >= 15 is 0 Å². The molecular weight excluding hydrogens is 352 g/mol. The maximum atomic E-state index is 12.4. The molecule has 8 nitrogen and oxygen atoms in total. The van der Waals surface area contributed by atoms with E-state index in [1.54, 1.807) is 62.3 Å². The molecule has 2 unspecified atom stereocenters. The second-order valence-electron chi connectivity index (χ2n) is 9.42. The Bertz CT molecular complexity index is 526. The Morgan fingerprint density at radius 1 is 0.778 bits per heavy atom. The molecule has 0 rings (SSSR count). The van der Waals surface area contributed by atoms with Gasteiger partial charge in [0.15, 0.2) is 0 Å². The van der Waals surface area contributed by atoms with Crippen molar-refractivity contribution in [2.75, 3.05) is 6.54 Å². The largest absolute Gasteiger partial charge is 0.460 e. The number of hydrogen-bond donors (Lipinski definition) is 2. The third-order valence-electron chi connectivity index (χ3n) is 2.78. The SMILES string of the molecule is CC(C)(C)OC(=O)CC(NCC(N)C(=O)OC(C)(C)C)C(=O)OC(C)(C)C. The molecule has 8 heteroatoms. The molecule has 158 valence electrons. The van der Waals surface area contributed by atoms with Crippen molar-refractivity contribution in [2.45, 2.75) is 97.6 Å². The van der Waals surface area contributed by atoms with Gasteiger partial charge >= 0.3 is 17.9 Å². The molecule has 27 heavy (non-hydrogen) atoms. The molecule has 0 bridgehead atoms. The molecule has 0 aromatic rings. The van der Waals surface area contributed by atoms with Gasteiger partial charge in [-0.1, -0.05) is 0 Å². The molecule has 0 aliphatic carbocycles. The molecule has 0 amide bonds. The lowest BCUT2D eigenvalue weighted by Gasteiger charge is -2.27. The Morgan fingerprint density at radius 2 is 1.19 bits per heavy atom. The van der Waals surface area contributed by atoms with Gasteiger partial charge in [-0.05, 0) is 62.3 Å². The smallest absolute Gasteiger partial charge is 0.324 e. The van der Waals surface area contributed by atoms with Crippen LogP contribution in [0.25, 0.3) is 0 Å². The van der Waals surface area contributed by atoms with E-state index in [0.29, 0.717) is 0 Å². The fourth-order valence-corrected chi connectivity index (χ4v) is 1.89. The Labute approximate surface area is 162 Å². The van der Waals surface area contributed by atoms with Gasteiger partial charge in [-0.3, -0.25) is 14.4 Å². The lowest BCUT2D eigenvalue weighted by Crippen LogP contribution is -2.50. The fourth-order valence-electron chi connectivity index (χ4n) is 1.89. The number of esters is 3. The van der Waals surface area contributed by atoms with Gasteiger partial charge in [0.2, 0.25) is 0 Å². The molecule has 0 radical (unpaired) electrons.